The Balaban J connectivity index is 1.35. The van der Waals surface area contributed by atoms with Crippen LogP contribution in [0.3, 0.4) is 0 Å². The highest BCUT2D eigenvalue weighted by Gasteiger charge is 2.43. The average molecular weight is 502 g/mol. The number of rotatable bonds is 4. The molecular weight excluding hydrogens is 470 g/mol. The van der Waals surface area contributed by atoms with Crippen LogP contribution in [0.5, 0.6) is 0 Å². The fourth-order valence-corrected chi connectivity index (χ4v) is 5.71. The van der Waals surface area contributed by atoms with Crippen LogP contribution in [0.15, 0.2) is 72.8 Å². The Hall–Kier alpha value is -3.31. The van der Waals surface area contributed by atoms with Crippen molar-refractivity contribution >= 4 is 29.1 Å². The number of hydrogen-bond acceptors (Lipinski definition) is 3. The van der Waals surface area contributed by atoms with Crippen LogP contribution < -0.4 is 4.90 Å². The van der Waals surface area contributed by atoms with Gasteiger partial charge in [0.25, 0.3) is 5.91 Å². The number of hydrogen-bond donors (Lipinski definition) is 0. The summed E-state index contributed by atoms with van der Waals surface area (Å²) in [5, 5.41) is 0.441. The minimum absolute atomic E-state index is 0.0427. The van der Waals surface area contributed by atoms with E-state index in [-0.39, 0.29) is 23.7 Å². The van der Waals surface area contributed by atoms with Crippen molar-refractivity contribution in [2.45, 2.75) is 19.8 Å². The third-order valence-electron chi connectivity index (χ3n) is 7.58. The minimum Gasteiger partial charge on any atom is -0.368 e. The summed E-state index contributed by atoms with van der Waals surface area (Å²) >= 11 is 6.34. The molecule has 0 spiro atoms. The van der Waals surface area contributed by atoms with Gasteiger partial charge in [-0.1, -0.05) is 71.8 Å². The van der Waals surface area contributed by atoms with Crippen molar-refractivity contribution in [3.8, 4) is 0 Å². The van der Waals surface area contributed by atoms with E-state index >= 15 is 0 Å². The molecule has 2 aliphatic rings. The summed E-state index contributed by atoms with van der Waals surface area (Å²) in [5.74, 6) is -0.292. The molecule has 5 nitrogen and oxygen atoms in total. The second-order valence-corrected chi connectivity index (χ2v) is 10.3. The molecule has 5 rings (SSSR count). The van der Waals surface area contributed by atoms with Gasteiger partial charge in [0, 0.05) is 50.9 Å². The first-order valence-corrected chi connectivity index (χ1v) is 13.0. The topological polar surface area (TPSA) is 43.9 Å². The highest BCUT2D eigenvalue weighted by atomic mass is 35.5. The molecule has 186 valence electrons. The molecule has 36 heavy (non-hydrogen) atoms. The van der Waals surface area contributed by atoms with Crippen LogP contribution in [-0.4, -0.2) is 60.9 Å². The van der Waals surface area contributed by atoms with Crippen molar-refractivity contribution in [3.05, 3.63) is 100 Å². The van der Waals surface area contributed by atoms with Gasteiger partial charge < -0.3 is 14.7 Å². The van der Waals surface area contributed by atoms with E-state index in [0.717, 1.165) is 18.7 Å². The normalized spacial score (nSPS) is 20.0. The quantitative estimate of drug-likeness (QED) is 0.496. The smallest absolute Gasteiger partial charge is 0.255 e. The molecular formula is C30H32ClN3O2. The second-order valence-electron chi connectivity index (χ2n) is 9.91. The lowest BCUT2D eigenvalue weighted by Gasteiger charge is -2.38. The van der Waals surface area contributed by atoms with Crippen molar-refractivity contribution in [3.63, 3.8) is 0 Å². The van der Waals surface area contributed by atoms with Gasteiger partial charge in [-0.3, -0.25) is 9.59 Å². The Morgan fingerprint density at radius 1 is 0.778 bits per heavy atom. The van der Waals surface area contributed by atoms with Gasteiger partial charge in [0.05, 0.1) is 16.5 Å². The van der Waals surface area contributed by atoms with Gasteiger partial charge in [-0.05, 0) is 43.2 Å². The number of halogens is 1. The van der Waals surface area contributed by atoms with E-state index in [1.165, 1.54) is 16.8 Å². The van der Waals surface area contributed by atoms with Crippen molar-refractivity contribution < 1.29 is 9.59 Å². The molecule has 0 aliphatic carbocycles. The molecule has 0 saturated carbocycles. The Morgan fingerprint density at radius 2 is 1.44 bits per heavy atom. The highest BCUT2D eigenvalue weighted by Crippen LogP contribution is 2.36. The maximum absolute atomic E-state index is 13.9. The molecule has 2 amide bonds. The van der Waals surface area contributed by atoms with E-state index in [2.05, 4.69) is 67.3 Å². The van der Waals surface area contributed by atoms with E-state index in [1.54, 1.807) is 17.0 Å². The number of para-hydroxylation sites is 1. The molecule has 2 saturated heterocycles. The SMILES string of the molecule is Cc1ccc([C@H]2CN(C(=O)c3ccccc3Cl)C[C@@H]2C(=O)N2CCN(c3ccccc3C)CC2)cc1. The lowest BCUT2D eigenvalue weighted by atomic mass is 9.87. The first kappa shape index (κ1) is 24.4. The van der Waals surface area contributed by atoms with E-state index in [1.807, 2.05) is 17.0 Å². The lowest BCUT2D eigenvalue weighted by Crippen LogP contribution is -2.51. The fourth-order valence-electron chi connectivity index (χ4n) is 5.50. The predicted octanol–water partition coefficient (Wildman–Crippen LogP) is 5.16. The van der Waals surface area contributed by atoms with Crippen molar-refractivity contribution in [2.24, 2.45) is 5.92 Å². The minimum atomic E-state index is -0.274. The number of amides is 2. The monoisotopic (exact) mass is 501 g/mol. The Morgan fingerprint density at radius 3 is 2.14 bits per heavy atom. The summed E-state index contributed by atoms with van der Waals surface area (Å²) in [4.78, 5) is 33.4. The van der Waals surface area contributed by atoms with Gasteiger partial charge in [-0.25, -0.2) is 0 Å². The van der Waals surface area contributed by atoms with Crippen LogP contribution >= 0.6 is 11.6 Å². The zero-order valence-corrected chi connectivity index (χ0v) is 21.6. The maximum atomic E-state index is 13.9. The third-order valence-corrected chi connectivity index (χ3v) is 7.91. The Bertz CT molecular complexity index is 1250. The van der Waals surface area contributed by atoms with E-state index in [9.17, 15) is 9.59 Å². The number of anilines is 1. The van der Waals surface area contributed by atoms with E-state index in [0.29, 0.717) is 36.8 Å². The van der Waals surface area contributed by atoms with Crippen LogP contribution in [0.25, 0.3) is 0 Å². The van der Waals surface area contributed by atoms with Gasteiger partial charge in [0.2, 0.25) is 5.91 Å². The molecule has 0 N–H and O–H groups in total. The lowest BCUT2D eigenvalue weighted by molar-refractivity contribution is -0.135. The third kappa shape index (κ3) is 4.85. The van der Waals surface area contributed by atoms with Crippen molar-refractivity contribution in [1.82, 2.24) is 9.80 Å². The summed E-state index contributed by atoms with van der Waals surface area (Å²) < 4.78 is 0. The summed E-state index contributed by atoms with van der Waals surface area (Å²) in [6.07, 6.45) is 0. The van der Waals surface area contributed by atoms with Crippen molar-refractivity contribution in [2.75, 3.05) is 44.2 Å². The van der Waals surface area contributed by atoms with E-state index in [4.69, 9.17) is 11.6 Å². The number of likely N-dealkylation sites (tertiary alicyclic amines) is 1. The molecule has 2 atom stereocenters. The number of benzene rings is 3. The molecule has 0 radical (unpaired) electrons. The molecule has 0 unspecified atom stereocenters. The molecule has 2 aliphatic heterocycles. The van der Waals surface area contributed by atoms with Crippen LogP contribution in [0.2, 0.25) is 5.02 Å². The van der Waals surface area contributed by atoms with Crippen LogP contribution in [0.1, 0.15) is 33.0 Å². The molecule has 3 aromatic rings. The average Bonchev–Trinajstić information content (AvgIpc) is 3.34. The Kier molecular flexibility index (Phi) is 7.01. The zero-order chi connectivity index (χ0) is 25.2. The van der Waals surface area contributed by atoms with Gasteiger partial charge >= 0.3 is 0 Å². The number of nitrogens with zero attached hydrogens (tertiary/aromatic N) is 3. The number of aryl methyl sites for hydroxylation is 2. The van der Waals surface area contributed by atoms with Gasteiger partial charge in [-0.2, -0.15) is 0 Å². The van der Waals surface area contributed by atoms with E-state index < -0.39 is 0 Å². The van der Waals surface area contributed by atoms with Gasteiger partial charge in [0.15, 0.2) is 0 Å². The second kappa shape index (κ2) is 10.4. The van der Waals surface area contributed by atoms with Crippen LogP contribution in [0, 0.1) is 19.8 Å². The van der Waals surface area contributed by atoms with Crippen molar-refractivity contribution in [1.29, 1.82) is 0 Å². The zero-order valence-electron chi connectivity index (χ0n) is 20.9. The largest absolute Gasteiger partial charge is 0.368 e. The standard InChI is InChI=1S/C30H32ClN3O2/c1-21-11-13-23(14-12-21)25-19-34(29(35)24-8-4-5-9-27(24)31)20-26(25)30(36)33-17-15-32(16-18-33)28-10-6-3-7-22(28)2/h3-14,25-26H,15-20H2,1-2H3/t25-,26+/m1/s1. The summed E-state index contributed by atoms with van der Waals surface area (Å²) in [6, 6.07) is 23.9. The molecule has 2 heterocycles. The van der Waals surface area contributed by atoms with Crippen LogP contribution in [0.4, 0.5) is 5.69 Å². The first-order valence-electron chi connectivity index (χ1n) is 12.6. The maximum Gasteiger partial charge on any atom is 0.255 e. The highest BCUT2D eigenvalue weighted by molar-refractivity contribution is 6.33. The van der Waals surface area contributed by atoms with Crippen LogP contribution in [-0.2, 0) is 4.79 Å². The molecule has 6 heteroatoms. The molecule has 0 aromatic heterocycles. The summed E-state index contributed by atoms with van der Waals surface area (Å²) in [5.41, 5.74) is 5.26. The number of carbonyl (C=O) groups is 2. The number of piperazine rings is 1. The predicted molar refractivity (Wildman–Crippen MR) is 145 cm³/mol. The molecule has 2 fully saturated rings. The Labute approximate surface area is 218 Å². The summed E-state index contributed by atoms with van der Waals surface area (Å²) in [6.45, 7) is 8.07. The molecule has 3 aromatic carbocycles. The number of carbonyl (C=O) groups excluding carboxylic acids is 2. The molecule has 0 bridgehead atoms. The fraction of sp³-hybridized carbons (Fsp3) is 0.333. The first-order chi connectivity index (χ1) is 17.4. The van der Waals surface area contributed by atoms with Gasteiger partial charge in [0.1, 0.15) is 0 Å². The van der Waals surface area contributed by atoms with Gasteiger partial charge in [-0.15, -0.1) is 0 Å². The summed E-state index contributed by atoms with van der Waals surface area (Å²) in [7, 11) is 0.